The van der Waals surface area contributed by atoms with Crippen molar-refractivity contribution in [3.05, 3.63) is 53.6 Å². The van der Waals surface area contributed by atoms with Gasteiger partial charge in [-0.25, -0.2) is 0 Å². The van der Waals surface area contributed by atoms with Gasteiger partial charge in [0.05, 0.1) is 13.2 Å². The molecule has 1 aliphatic rings. The molecule has 0 bridgehead atoms. The first kappa shape index (κ1) is 19.1. The van der Waals surface area contributed by atoms with Crippen LogP contribution in [0.2, 0.25) is 0 Å². The minimum Gasteiger partial charge on any atom is -0.497 e. The van der Waals surface area contributed by atoms with Crippen molar-refractivity contribution in [2.75, 3.05) is 7.11 Å². The van der Waals surface area contributed by atoms with Crippen molar-refractivity contribution in [3.8, 4) is 17.2 Å². The van der Waals surface area contributed by atoms with Crippen LogP contribution in [0.1, 0.15) is 44.4 Å². The maximum absolute atomic E-state index is 12.7. The maximum atomic E-state index is 12.7. The zero-order valence-corrected chi connectivity index (χ0v) is 16.5. The van der Waals surface area contributed by atoms with Gasteiger partial charge in [-0.2, -0.15) is 0 Å². The first-order valence-electron chi connectivity index (χ1n) is 9.18. The van der Waals surface area contributed by atoms with Crippen LogP contribution in [0, 0.1) is 6.92 Å². The lowest BCUT2D eigenvalue weighted by molar-refractivity contribution is -0.128. The number of amides is 1. The Morgan fingerprint density at radius 3 is 2.52 bits per heavy atom. The molecule has 144 valence electrons. The molecule has 0 saturated carbocycles. The van der Waals surface area contributed by atoms with Crippen molar-refractivity contribution in [3.63, 3.8) is 0 Å². The summed E-state index contributed by atoms with van der Waals surface area (Å²) in [6.07, 6.45) is 0.0790. The predicted molar refractivity (Wildman–Crippen MR) is 104 cm³/mol. The molecule has 1 amide bonds. The van der Waals surface area contributed by atoms with Gasteiger partial charge in [-0.3, -0.25) is 4.79 Å². The van der Waals surface area contributed by atoms with Crippen molar-refractivity contribution < 1.29 is 19.0 Å². The van der Waals surface area contributed by atoms with Gasteiger partial charge in [0.25, 0.3) is 5.91 Å². The normalized spacial score (nSPS) is 18.6. The van der Waals surface area contributed by atoms with Gasteiger partial charge in [0.2, 0.25) is 0 Å². The second-order valence-corrected chi connectivity index (χ2v) is 7.60. The van der Waals surface area contributed by atoms with Crippen molar-refractivity contribution in [2.24, 2.45) is 0 Å². The third-order valence-corrected chi connectivity index (χ3v) is 4.70. The summed E-state index contributed by atoms with van der Waals surface area (Å²) in [5.41, 5.74) is 1.71. The van der Waals surface area contributed by atoms with Crippen molar-refractivity contribution >= 4 is 5.91 Å². The minimum absolute atomic E-state index is 0.147. The van der Waals surface area contributed by atoms with E-state index in [0.717, 1.165) is 22.6 Å². The second-order valence-electron chi connectivity index (χ2n) is 7.60. The predicted octanol–water partition coefficient (Wildman–Crippen LogP) is 4.19. The van der Waals surface area contributed by atoms with Gasteiger partial charge in [0.15, 0.2) is 6.10 Å². The third kappa shape index (κ3) is 4.54. The highest BCUT2D eigenvalue weighted by Crippen LogP contribution is 2.41. The van der Waals surface area contributed by atoms with Crippen molar-refractivity contribution in [1.82, 2.24) is 5.32 Å². The summed E-state index contributed by atoms with van der Waals surface area (Å²) < 4.78 is 17.2. The summed E-state index contributed by atoms with van der Waals surface area (Å²) in [6, 6.07) is 13.2. The van der Waals surface area contributed by atoms with E-state index >= 15 is 0 Å². The van der Waals surface area contributed by atoms with E-state index < -0.39 is 11.7 Å². The summed E-state index contributed by atoms with van der Waals surface area (Å²) in [6.45, 7) is 7.80. The molecule has 2 aromatic carbocycles. The Bertz CT molecular complexity index is 814. The Morgan fingerprint density at radius 1 is 1.19 bits per heavy atom. The number of nitrogens with one attached hydrogen (secondary N) is 1. The Labute approximate surface area is 160 Å². The molecule has 0 unspecified atom stereocenters. The first-order chi connectivity index (χ1) is 12.8. The second kappa shape index (κ2) is 7.51. The highest BCUT2D eigenvalue weighted by Gasteiger charge is 2.35. The summed E-state index contributed by atoms with van der Waals surface area (Å²) in [4.78, 5) is 12.7. The van der Waals surface area contributed by atoms with Crippen LogP contribution in [0.3, 0.4) is 0 Å². The molecule has 1 aliphatic heterocycles. The van der Waals surface area contributed by atoms with Gasteiger partial charge in [-0.15, -0.1) is 0 Å². The number of carbonyl (C=O) groups excluding carboxylic acids is 1. The summed E-state index contributed by atoms with van der Waals surface area (Å²) in [5, 5.41) is 3.11. The van der Waals surface area contributed by atoms with Crippen LogP contribution in [-0.2, 0) is 4.79 Å². The zero-order chi connectivity index (χ0) is 19.6. The zero-order valence-electron chi connectivity index (χ0n) is 16.5. The minimum atomic E-state index is -0.597. The number of benzene rings is 2. The lowest BCUT2D eigenvalue weighted by Gasteiger charge is -2.38. The van der Waals surface area contributed by atoms with Gasteiger partial charge in [0.1, 0.15) is 22.8 Å². The first-order valence-corrected chi connectivity index (χ1v) is 9.18. The van der Waals surface area contributed by atoms with Crippen LogP contribution in [0.15, 0.2) is 42.5 Å². The molecule has 0 aliphatic carbocycles. The fraction of sp³-hybridized carbons (Fsp3) is 0.409. The van der Waals surface area contributed by atoms with E-state index in [1.165, 1.54) is 0 Å². The van der Waals surface area contributed by atoms with Gasteiger partial charge >= 0.3 is 0 Å². The molecule has 27 heavy (non-hydrogen) atoms. The fourth-order valence-corrected chi connectivity index (χ4v) is 3.25. The molecule has 0 saturated heterocycles. The SMILES string of the molecule is COc1ccc2c(c1)OC(C)(C)C[C@H]2NC(=O)[C@@H](C)Oc1ccc(C)cc1. The van der Waals surface area contributed by atoms with Crippen LogP contribution in [0.5, 0.6) is 17.2 Å². The van der Waals surface area contributed by atoms with Gasteiger partial charge in [-0.1, -0.05) is 17.7 Å². The number of carbonyl (C=O) groups is 1. The smallest absolute Gasteiger partial charge is 0.261 e. The molecule has 0 radical (unpaired) electrons. The van der Waals surface area contributed by atoms with E-state index in [1.807, 2.05) is 63.2 Å². The molecule has 2 atom stereocenters. The van der Waals surface area contributed by atoms with Gasteiger partial charge in [0, 0.05) is 18.1 Å². The van der Waals surface area contributed by atoms with E-state index in [-0.39, 0.29) is 11.9 Å². The molecule has 5 heteroatoms. The largest absolute Gasteiger partial charge is 0.497 e. The monoisotopic (exact) mass is 369 g/mol. The van der Waals surface area contributed by atoms with Gasteiger partial charge in [-0.05, 0) is 52.0 Å². The van der Waals surface area contributed by atoms with Crippen LogP contribution < -0.4 is 19.5 Å². The molecule has 1 N–H and O–H groups in total. The fourth-order valence-electron chi connectivity index (χ4n) is 3.25. The van der Waals surface area contributed by atoms with Crippen molar-refractivity contribution in [1.29, 1.82) is 0 Å². The third-order valence-electron chi connectivity index (χ3n) is 4.70. The van der Waals surface area contributed by atoms with E-state index in [0.29, 0.717) is 12.2 Å². The summed E-state index contributed by atoms with van der Waals surface area (Å²) >= 11 is 0. The molecule has 2 aromatic rings. The van der Waals surface area contributed by atoms with Crippen LogP contribution in [0.4, 0.5) is 0 Å². The van der Waals surface area contributed by atoms with E-state index in [9.17, 15) is 4.79 Å². The highest BCUT2D eigenvalue weighted by molar-refractivity contribution is 5.81. The molecule has 1 heterocycles. The number of ether oxygens (including phenoxy) is 3. The van der Waals surface area contributed by atoms with Crippen LogP contribution in [-0.4, -0.2) is 24.7 Å². The van der Waals surface area contributed by atoms with Gasteiger partial charge < -0.3 is 19.5 Å². The van der Waals surface area contributed by atoms with E-state index in [4.69, 9.17) is 14.2 Å². The average Bonchev–Trinajstić information content (AvgIpc) is 2.62. The topological polar surface area (TPSA) is 56.8 Å². The standard InChI is InChI=1S/C22H27NO4/c1-14-6-8-16(9-7-14)26-15(2)21(24)23-19-13-22(3,4)27-20-12-17(25-5)10-11-18(19)20/h6-12,15,19H,13H2,1-5H3,(H,23,24)/t15-,19-/m1/s1. The molecule has 0 fully saturated rings. The van der Waals surface area contributed by atoms with E-state index in [1.54, 1.807) is 14.0 Å². The average molecular weight is 369 g/mol. The summed E-state index contributed by atoms with van der Waals surface area (Å²) in [5.74, 6) is 2.00. The number of rotatable bonds is 5. The number of hydrogen-bond acceptors (Lipinski definition) is 4. The Hall–Kier alpha value is -2.69. The Kier molecular flexibility index (Phi) is 5.31. The number of fused-ring (bicyclic) bond motifs is 1. The molecule has 0 aromatic heterocycles. The molecule has 5 nitrogen and oxygen atoms in total. The quantitative estimate of drug-likeness (QED) is 0.859. The lowest BCUT2D eigenvalue weighted by atomic mass is 9.89. The maximum Gasteiger partial charge on any atom is 0.261 e. The molecular weight excluding hydrogens is 342 g/mol. The number of aryl methyl sites for hydroxylation is 1. The highest BCUT2D eigenvalue weighted by atomic mass is 16.5. The molecule has 0 spiro atoms. The van der Waals surface area contributed by atoms with Crippen LogP contribution in [0.25, 0.3) is 0 Å². The summed E-state index contributed by atoms with van der Waals surface area (Å²) in [7, 11) is 1.62. The lowest BCUT2D eigenvalue weighted by Crippen LogP contribution is -2.44. The number of hydrogen-bond donors (Lipinski definition) is 1. The molecule has 3 rings (SSSR count). The van der Waals surface area contributed by atoms with E-state index in [2.05, 4.69) is 5.32 Å². The van der Waals surface area contributed by atoms with Crippen molar-refractivity contribution in [2.45, 2.75) is 51.9 Å². The number of methoxy groups -OCH3 is 1. The van der Waals surface area contributed by atoms with Crippen LogP contribution >= 0.6 is 0 Å². The Balaban J connectivity index is 1.74. The molecular formula is C22H27NO4. The Morgan fingerprint density at radius 2 is 1.85 bits per heavy atom.